The van der Waals surface area contributed by atoms with E-state index >= 15 is 0 Å². The quantitative estimate of drug-likeness (QED) is 0.753. The molecule has 0 amide bonds. The normalized spacial score (nSPS) is 27.2. The van der Waals surface area contributed by atoms with Gasteiger partial charge in [0.05, 0.1) is 18.8 Å². The number of rotatable bonds is 5. The van der Waals surface area contributed by atoms with Crippen molar-refractivity contribution in [2.75, 3.05) is 13.2 Å². The third kappa shape index (κ3) is 3.94. The minimum atomic E-state index is -0.365. The van der Waals surface area contributed by atoms with Crippen LogP contribution in [0.5, 0.6) is 0 Å². The zero-order chi connectivity index (χ0) is 12.2. The molecular weight excluding hydrogens is 216 g/mol. The summed E-state index contributed by atoms with van der Waals surface area (Å²) < 4.78 is 11.1. The van der Waals surface area contributed by atoms with E-state index in [9.17, 15) is 5.11 Å². The molecule has 17 heavy (non-hydrogen) atoms. The van der Waals surface area contributed by atoms with Crippen LogP contribution in [0.15, 0.2) is 0 Å². The summed E-state index contributed by atoms with van der Waals surface area (Å²) >= 11 is 0. The molecule has 1 heterocycles. The molecule has 0 spiro atoms. The fourth-order valence-corrected chi connectivity index (χ4v) is 3.06. The van der Waals surface area contributed by atoms with Gasteiger partial charge in [-0.3, -0.25) is 0 Å². The van der Waals surface area contributed by atoms with Crippen LogP contribution in [0, 0.1) is 0 Å². The molecule has 0 bridgehead atoms. The summed E-state index contributed by atoms with van der Waals surface area (Å²) in [5.41, 5.74) is -0.365. The molecule has 1 aliphatic heterocycles. The fourth-order valence-electron chi connectivity index (χ4n) is 3.06. The Bertz CT molecular complexity index is 228. The van der Waals surface area contributed by atoms with Crippen LogP contribution in [0.2, 0.25) is 0 Å². The topological polar surface area (TPSA) is 38.7 Å². The summed E-state index contributed by atoms with van der Waals surface area (Å²) in [6.07, 6.45) is 9.74. The van der Waals surface area contributed by atoms with E-state index in [0.29, 0.717) is 0 Å². The highest BCUT2D eigenvalue weighted by Crippen LogP contribution is 2.33. The van der Waals surface area contributed by atoms with E-state index in [0.717, 1.165) is 51.7 Å². The molecule has 0 aromatic heterocycles. The Hall–Kier alpha value is -0.120. The van der Waals surface area contributed by atoms with E-state index < -0.39 is 0 Å². The Morgan fingerprint density at radius 3 is 2.18 bits per heavy atom. The van der Waals surface area contributed by atoms with Crippen molar-refractivity contribution in [3.63, 3.8) is 0 Å². The summed E-state index contributed by atoms with van der Waals surface area (Å²) in [5.74, 6) is -0.352. The Balaban J connectivity index is 1.62. The van der Waals surface area contributed by atoms with E-state index in [-0.39, 0.29) is 11.4 Å². The van der Waals surface area contributed by atoms with Gasteiger partial charge in [0.2, 0.25) is 0 Å². The predicted octanol–water partition coefficient (Wildman–Crippen LogP) is 3.01. The number of hydrogen-bond acceptors (Lipinski definition) is 3. The Morgan fingerprint density at radius 2 is 1.53 bits per heavy atom. The number of aliphatic hydroxyl groups is 1. The highest BCUT2D eigenvalue weighted by molar-refractivity contribution is 4.82. The van der Waals surface area contributed by atoms with Crippen LogP contribution in [0.25, 0.3) is 0 Å². The Labute approximate surface area is 104 Å². The molecule has 3 heteroatoms. The van der Waals surface area contributed by atoms with Gasteiger partial charge in [0.1, 0.15) is 0 Å². The largest absolute Gasteiger partial charge is 0.390 e. The van der Waals surface area contributed by atoms with Crippen molar-refractivity contribution in [3.05, 3.63) is 0 Å². The second kappa shape index (κ2) is 5.68. The zero-order valence-corrected chi connectivity index (χ0v) is 11.0. The third-order valence-electron chi connectivity index (χ3n) is 4.21. The van der Waals surface area contributed by atoms with E-state index in [1.54, 1.807) is 0 Å². The Kier molecular flexibility index (Phi) is 4.45. The van der Waals surface area contributed by atoms with E-state index in [4.69, 9.17) is 9.47 Å². The first-order chi connectivity index (χ1) is 8.12. The standard InChI is InChI=1S/C14H26O3/c1-13(16-11-12-17-13)7-5-6-10-14(15)8-3-2-4-9-14/h15H,2-12H2,1H3. The highest BCUT2D eigenvalue weighted by Gasteiger charge is 2.31. The first-order valence-electron chi connectivity index (χ1n) is 7.12. The first-order valence-corrected chi connectivity index (χ1v) is 7.12. The van der Waals surface area contributed by atoms with Crippen molar-refractivity contribution in [1.29, 1.82) is 0 Å². The lowest BCUT2D eigenvalue weighted by Gasteiger charge is -2.32. The number of unbranched alkanes of at least 4 members (excludes halogenated alkanes) is 1. The van der Waals surface area contributed by atoms with Gasteiger partial charge in [-0.25, -0.2) is 0 Å². The molecule has 3 nitrogen and oxygen atoms in total. The van der Waals surface area contributed by atoms with Gasteiger partial charge < -0.3 is 14.6 Å². The van der Waals surface area contributed by atoms with Crippen molar-refractivity contribution in [2.45, 2.75) is 76.1 Å². The molecule has 1 N–H and O–H groups in total. The minimum Gasteiger partial charge on any atom is -0.390 e. The van der Waals surface area contributed by atoms with E-state index in [1.807, 2.05) is 6.92 Å². The van der Waals surface area contributed by atoms with Crippen LogP contribution in [-0.2, 0) is 9.47 Å². The number of hydrogen-bond donors (Lipinski definition) is 1. The molecule has 100 valence electrons. The van der Waals surface area contributed by atoms with Crippen molar-refractivity contribution in [1.82, 2.24) is 0 Å². The lowest BCUT2D eigenvalue weighted by Crippen LogP contribution is -2.31. The molecule has 1 saturated carbocycles. The maximum absolute atomic E-state index is 10.4. The molecule has 0 aromatic rings. The first kappa shape index (κ1) is 13.3. The zero-order valence-electron chi connectivity index (χ0n) is 11.0. The summed E-state index contributed by atoms with van der Waals surface area (Å²) in [6, 6.07) is 0. The van der Waals surface area contributed by atoms with Crippen molar-refractivity contribution in [2.24, 2.45) is 0 Å². The minimum absolute atomic E-state index is 0.352. The second-order valence-electron chi connectivity index (χ2n) is 5.82. The third-order valence-corrected chi connectivity index (χ3v) is 4.21. The SMILES string of the molecule is CC1(CCCCC2(O)CCCCC2)OCCO1. The maximum atomic E-state index is 10.4. The predicted molar refractivity (Wildman–Crippen MR) is 66.8 cm³/mol. The molecule has 2 rings (SSSR count). The molecule has 0 radical (unpaired) electrons. The van der Waals surface area contributed by atoms with Gasteiger partial charge in [-0.05, 0) is 32.6 Å². The highest BCUT2D eigenvalue weighted by atomic mass is 16.7. The molecule has 1 saturated heterocycles. The van der Waals surface area contributed by atoms with Gasteiger partial charge in [0, 0.05) is 6.42 Å². The molecule has 2 fully saturated rings. The average molecular weight is 242 g/mol. The molecule has 1 aliphatic carbocycles. The van der Waals surface area contributed by atoms with Gasteiger partial charge in [0.15, 0.2) is 5.79 Å². The number of ether oxygens (including phenoxy) is 2. The van der Waals surface area contributed by atoms with Crippen LogP contribution in [0.3, 0.4) is 0 Å². The average Bonchev–Trinajstić information content (AvgIpc) is 2.73. The molecular formula is C14H26O3. The maximum Gasteiger partial charge on any atom is 0.165 e. The van der Waals surface area contributed by atoms with Crippen LogP contribution in [0.4, 0.5) is 0 Å². The summed E-state index contributed by atoms with van der Waals surface area (Å²) in [5, 5.41) is 10.4. The van der Waals surface area contributed by atoms with Crippen molar-refractivity contribution < 1.29 is 14.6 Å². The summed E-state index contributed by atoms with van der Waals surface area (Å²) in [7, 11) is 0. The van der Waals surface area contributed by atoms with Gasteiger partial charge >= 0.3 is 0 Å². The van der Waals surface area contributed by atoms with Crippen molar-refractivity contribution >= 4 is 0 Å². The van der Waals surface area contributed by atoms with Crippen LogP contribution in [-0.4, -0.2) is 29.7 Å². The fraction of sp³-hybridized carbons (Fsp3) is 1.00. The monoisotopic (exact) mass is 242 g/mol. The van der Waals surface area contributed by atoms with Gasteiger partial charge in [-0.1, -0.05) is 25.7 Å². The molecule has 0 unspecified atom stereocenters. The molecule has 2 aliphatic rings. The Morgan fingerprint density at radius 1 is 0.941 bits per heavy atom. The van der Waals surface area contributed by atoms with Gasteiger partial charge in [0.25, 0.3) is 0 Å². The van der Waals surface area contributed by atoms with Crippen LogP contribution in [0.1, 0.15) is 64.7 Å². The van der Waals surface area contributed by atoms with Gasteiger partial charge in [-0.15, -0.1) is 0 Å². The molecule has 0 atom stereocenters. The lowest BCUT2D eigenvalue weighted by molar-refractivity contribution is -0.148. The lowest BCUT2D eigenvalue weighted by atomic mass is 9.81. The van der Waals surface area contributed by atoms with E-state index in [1.165, 1.54) is 19.3 Å². The smallest absolute Gasteiger partial charge is 0.165 e. The van der Waals surface area contributed by atoms with Crippen molar-refractivity contribution in [3.8, 4) is 0 Å². The van der Waals surface area contributed by atoms with E-state index in [2.05, 4.69) is 0 Å². The summed E-state index contributed by atoms with van der Waals surface area (Å²) in [6.45, 7) is 3.47. The van der Waals surface area contributed by atoms with Gasteiger partial charge in [-0.2, -0.15) is 0 Å². The van der Waals surface area contributed by atoms with Crippen LogP contribution >= 0.6 is 0 Å². The molecule has 0 aromatic carbocycles. The van der Waals surface area contributed by atoms with Crippen LogP contribution < -0.4 is 0 Å². The summed E-state index contributed by atoms with van der Waals surface area (Å²) in [4.78, 5) is 0. The second-order valence-corrected chi connectivity index (χ2v) is 5.82.